The Morgan fingerprint density at radius 1 is 1.33 bits per heavy atom. The summed E-state index contributed by atoms with van der Waals surface area (Å²) >= 11 is 3.21. The van der Waals surface area contributed by atoms with Gasteiger partial charge < -0.3 is 0 Å². The van der Waals surface area contributed by atoms with Crippen molar-refractivity contribution in [1.29, 1.82) is 0 Å². The molecule has 0 aliphatic rings. The van der Waals surface area contributed by atoms with E-state index in [0.717, 1.165) is 0 Å². The van der Waals surface area contributed by atoms with Crippen molar-refractivity contribution in [2.24, 2.45) is 0 Å². The highest BCUT2D eigenvalue weighted by Gasteiger charge is 2.04. The summed E-state index contributed by atoms with van der Waals surface area (Å²) in [6, 6.07) is 7.10. The number of hydrogen-bond acceptors (Lipinski definition) is 2. The largest absolute Gasteiger partial charge is 0.271 e. The topological polar surface area (TPSA) is 46.9 Å². The minimum atomic E-state index is -0.189. The summed E-state index contributed by atoms with van der Waals surface area (Å²) in [7, 11) is 0. The van der Waals surface area contributed by atoms with Crippen molar-refractivity contribution in [3.8, 4) is 0 Å². The number of rotatable bonds is 2. The Hall–Kier alpha value is -1.62. The second kappa shape index (κ2) is 4.27. The zero-order valence-electron chi connectivity index (χ0n) is 7.72. The molecule has 0 aliphatic carbocycles. The van der Waals surface area contributed by atoms with E-state index >= 15 is 0 Å². The zero-order chi connectivity index (χ0) is 10.7. The lowest BCUT2D eigenvalue weighted by Gasteiger charge is -2.05. The maximum absolute atomic E-state index is 11.6. The molecule has 5 heteroatoms. The van der Waals surface area contributed by atoms with Gasteiger partial charge in [-0.15, -0.1) is 0 Å². The molecule has 15 heavy (non-hydrogen) atoms. The van der Waals surface area contributed by atoms with E-state index in [1.807, 2.05) is 12.1 Å². The van der Waals surface area contributed by atoms with Crippen LogP contribution in [0, 0.1) is 0 Å². The highest BCUT2D eigenvalue weighted by molar-refractivity contribution is 9.10. The van der Waals surface area contributed by atoms with Crippen LogP contribution >= 0.6 is 15.9 Å². The van der Waals surface area contributed by atoms with Gasteiger partial charge in [0.25, 0.3) is 5.91 Å². The lowest BCUT2D eigenvalue weighted by molar-refractivity contribution is 0.101. The van der Waals surface area contributed by atoms with Gasteiger partial charge in [-0.2, -0.15) is 0 Å². The van der Waals surface area contributed by atoms with Crippen LogP contribution in [0.15, 0.2) is 47.5 Å². The fraction of sp³-hybridized carbons (Fsp3) is 0. The monoisotopic (exact) mass is 265 g/mol. The second-order valence-electron chi connectivity index (χ2n) is 2.90. The van der Waals surface area contributed by atoms with Crippen LogP contribution in [0.4, 0.5) is 0 Å². The van der Waals surface area contributed by atoms with Gasteiger partial charge >= 0.3 is 0 Å². The van der Waals surface area contributed by atoms with Gasteiger partial charge in [0, 0.05) is 18.6 Å². The Kier molecular flexibility index (Phi) is 2.82. The first-order valence-corrected chi connectivity index (χ1v) is 5.11. The van der Waals surface area contributed by atoms with E-state index in [1.165, 1.54) is 6.20 Å². The van der Waals surface area contributed by atoms with Crippen LogP contribution in [0.1, 0.15) is 10.4 Å². The molecule has 0 bridgehead atoms. The van der Waals surface area contributed by atoms with Gasteiger partial charge in [-0.05, 0) is 40.2 Å². The SMILES string of the molecule is O=C(Nn1cccc1)c1ccc(Br)nc1. The lowest BCUT2D eigenvalue weighted by Crippen LogP contribution is -2.21. The van der Waals surface area contributed by atoms with Crippen molar-refractivity contribution in [2.45, 2.75) is 0 Å². The number of amides is 1. The van der Waals surface area contributed by atoms with Gasteiger partial charge in [0.1, 0.15) is 4.60 Å². The van der Waals surface area contributed by atoms with Crippen LogP contribution < -0.4 is 5.43 Å². The Labute approximate surface area is 95.0 Å². The van der Waals surface area contributed by atoms with E-state index in [1.54, 1.807) is 29.2 Å². The summed E-state index contributed by atoms with van der Waals surface area (Å²) in [5.74, 6) is -0.189. The predicted octanol–water partition coefficient (Wildman–Crippen LogP) is 2.03. The molecule has 76 valence electrons. The molecule has 2 rings (SSSR count). The van der Waals surface area contributed by atoms with Gasteiger partial charge in [0.2, 0.25) is 0 Å². The normalized spacial score (nSPS) is 9.93. The number of carbonyl (C=O) groups excluding carboxylic acids is 1. The fourth-order valence-corrected chi connectivity index (χ4v) is 1.34. The van der Waals surface area contributed by atoms with Crippen LogP contribution in [0.2, 0.25) is 0 Å². The maximum atomic E-state index is 11.6. The predicted molar refractivity (Wildman–Crippen MR) is 60.1 cm³/mol. The third kappa shape index (κ3) is 2.44. The first-order valence-electron chi connectivity index (χ1n) is 4.31. The Morgan fingerprint density at radius 3 is 2.67 bits per heavy atom. The molecule has 0 spiro atoms. The third-order valence-corrected chi connectivity index (χ3v) is 2.29. The standard InChI is InChI=1S/C10H8BrN3O/c11-9-4-3-8(7-12-9)10(15)13-14-5-1-2-6-14/h1-7H,(H,13,15). The molecule has 1 amide bonds. The summed E-state index contributed by atoms with van der Waals surface area (Å²) in [5.41, 5.74) is 3.20. The molecule has 1 N–H and O–H groups in total. The van der Waals surface area contributed by atoms with E-state index in [0.29, 0.717) is 10.2 Å². The minimum Gasteiger partial charge on any atom is -0.268 e. The number of aromatic nitrogens is 2. The molecule has 2 aromatic rings. The maximum Gasteiger partial charge on any atom is 0.271 e. The Morgan fingerprint density at radius 2 is 2.07 bits per heavy atom. The molecule has 2 heterocycles. The first kappa shape index (κ1) is 9.92. The minimum absolute atomic E-state index is 0.189. The van der Waals surface area contributed by atoms with Crippen LogP contribution in [0.3, 0.4) is 0 Å². The average Bonchev–Trinajstić information content (AvgIpc) is 2.71. The summed E-state index contributed by atoms with van der Waals surface area (Å²) < 4.78 is 2.30. The molecule has 2 aromatic heterocycles. The smallest absolute Gasteiger partial charge is 0.268 e. The van der Waals surface area contributed by atoms with E-state index in [9.17, 15) is 4.79 Å². The van der Waals surface area contributed by atoms with Gasteiger partial charge in [-0.25, -0.2) is 4.98 Å². The highest BCUT2D eigenvalue weighted by atomic mass is 79.9. The molecule has 0 atom stereocenters. The molecule has 0 aliphatic heterocycles. The summed E-state index contributed by atoms with van der Waals surface area (Å²) in [5, 5.41) is 0. The van der Waals surface area contributed by atoms with Crippen molar-refractivity contribution < 1.29 is 4.79 Å². The molecular formula is C10H8BrN3O. The van der Waals surface area contributed by atoms with Gasteiger partial charge in [-0.3, -0.25) is 14.9 Å². The van der Waals surface area contributed by atoms with Crippen molar-refractivity contribution in [3.63, 3.8) is 0 Å². The van der Waals surface area contributed by atoms with Crippen molar-refractivity contribution in [1.82, 2.24) is 9.66 Å². The molecule has 0 saturated carbocycles. The second-order valence-corrected chi connectivity index (χ2v) is 3.71. The summed E-state index contributed by atoms with van der Waals surface area (Å²) in [6.45, 7) is 0. The number of pyridine rings is 1. The van der Waals surface area contributed by atoms with E-state index in [-0.39, 0.29) is 5.91 Å². The molecule has 0 saturated heterocycles. The molecule has 4 nitrogen and oxygen atoms in total. The Bertz CT molecular complexity index is 450. The van der Waals surface area contributed by atoms with E-state index in [4.69, 9.17) is 0 Å². The van der Waals surface area contributed by atoms with E-state index in [2.05, 4.69) is 26.3 Å². The average molecular weight is 266 g/mol. The van der Waals surface area contributed by atoms with Crippen LogP contribution in [-0.4, -0.2) is 15.6 Å². The molecular weight excluding hydrogens is 258 g/mol. The molecule has 0 unspecified atom stereocenters. The number of nitrogens with one attached hydrogen (secondary N) is 1. The number of carbonyl (C=O) groups is 1. The van der Waals surface area contributed by atoms with Gasteiger partial charge in [-0.1, -0.05) is 0 Å². The van der Waals surface area contributed by atoms with Crippen molar-refractivity contribution in [2.75, 3.05) is 5.43 Å². The number of nitrogens with zero attached hydrogens (tertiary/aromatic N) is 2. The third-order valence-electron chi connectivity index (χ3n) is 1.82. The van der Waals surface area contributed by atoms with E-state index < -0.39 is 0 Å². The fourth-order valence-electron chi connectivity index (χ4n) is 1.10. The zero-order valence-corrected chi connectivity index (χ0v) is 9.31. The molecule has 0 radical (unpaired) electrons. The summed E-state index contributed by atoms with van der Waals surface area (Å²) in [6.07, 6.45) is 5.03. The van der Waals surface area contributed by atoms with Gasteiger partial charge in [0.05, 0.1) is 5.56 Å². The van der Waals surface area contributed by atoms with Crippen molar-refractivity contribution >= 4 is 21.8 Å². The van der Waals surface area contributed by atoms with Crippen LogP contribution in [0.25, 0.3) is 0 Å². The number of halogens is 1. The number of hydrogen-bond donors (Lipinski definition) is 1. The Balaban J connectivity index is 2.11. The van der Waals surface area contributed by atoms with Crippen LogP contribution in [0.5, 0.6) is 0 Å². The first-order chi connectivity index (χ1) is 7.25. The van der Waals surface area contributed by atoms with Gasteiger partial charge in [0.15, 0.2) is 0 Å². The lowest BCUT2D eigenvalue weighted by atomic mass is 10.3. The highest BCUT2D eigenvalue weighted by Crippen LogP contribution is 2.06. The quantitative estimate of drug-likeness (QED) is 0.845. The summed E-state index contributed by atoms with van der Waals surface area (Å²) in [4.78, 5) is 15.6. The van der Waals surface area contributed by atoms with Crippen molar-refractivity contribution in [3.05, 3.63) is 53.0 Å². The molecule has 0 fully saturated rings. The molecule has 0 aromatic carbocycles. The van der Waals surface area contributed by atoms with Crippen LogP contribution in [-0.2, 0) is 0 Å².